The van der Waals surface area contributed by atoms with E-state index in [9.17, 15) is 4.79 Å². The highest BCUT2D eigenvalue weighted by molar-refractivity contribution is 5.96. The van der Waals surface area contributed by atoms with Crippen molar-refractivity contribution in [2.75, 3.05) is 26.7 Å². The van der Waals surface area contributed by atoms with E-state index in [4.69, 9.17) is 4.74 Å². The van der Waals surface area contributed by atoms with Crippen molar-refractivity contribution in [2.24, 2.45) is 0 Å². The van der Waals surface area contributed by atoms with Gasteiger partial charge in [-0.1, -0.05) is 42.0 Å². The number of aryl methyl sites for hydroxylation is 2. The largest absolute Gasteiger partial charge is 0.497 e. The number of nitrogens with one attached hydrogen (secondary N) is 1. The smallest absolute Gasteiger partial charge is 0.255 e. The number of ether oxygens (including phenoxy) is 1. The lowest BCUT2D eigenvalue weighted by atomic mass is 10.0. The Kier molecular flexibility index (Phi) is 7.14. The number of carbonyl (C=O) groups is 1. The lowest BCUT2D eigenvalue weighted by Crippen LogP contribution is -2.37. The molecule has 1 fully saturated rings. The molecule has 0 bridgehead atoms. The van der Waals surface area contributed by atoms with Crippen LogP contribution >= 0.6 is 0 Å². The minimum absolute atomic E-state index is 0.0575. The van der Waals surface area contributed by atoms with Crippen LogP contribution in [-0.4, -0.2) is 47.3 Å². The summed E-state index contributed by atoms with van der Waals surface area (Å²) in [5, 5.41) is 7.87. The lowest BCUT2D eigenvalue weighted by molar-refractivity contribution is 0.0936. The second-order valence-corrected chi connectivity index (χ2v) is 8.93. The number of methoxy groups -OCH3 is 1. The Morgan fingerprint density at radius 3 is 2.33 bits per heavy atom. The number of likely N-dealkylation sites (tertiary alicyclic amines) is 1. The first-order valence-corrected chi connectivity index (χ1v) is 11.7. The molecule has 1 amide bonds. The van der Waals surface area contributed by atoms with Crippen molar-refractivity contribution in [1.29, 1.82) is 0 Å². The highest BCUT2D eigenvalue weighted by atomic mass is 16.5. The van der Waals surface area contributed by atoms with E-state index in [1.54, 1.807) is 7.11 Å². The third kappa shape index (κ3) is 5.28. The van der Waals surface area contributed by atoms with Gasteiger partial charge in [0.05, 0.1) is 31.0 Å². The van der Waals surface area contributed by atoms with Gasteiger partial charge in [-0.3, -0.25) is 14.4 Å². The molecular formula is C27H34N4O2. The van der Waals surface area contributed by atoms with Gasteiger partial charge in [0.15, 0.2) is 0 Å². The molecule has 174 valence electrons. The number of amides is 1. The third-order valence-electron chi connectivity index (χ3n) is 6.60. The number of rotatable bonds is 8. The summed E-state index contributed by atoms with van der Waals surface area (Å²) in [6.07, 6.45) is 2.40. The number of nitrogens with zero attached hydrogens (tertiary/aromatic N) is 3. The van der Waals surface area contributed by atoms with Crippen molar-refractivity contribution in [3.8, 4) is 5.75 Å². The fourth-order valence-electron chi connectivity index (χ4n) is 4.66. The Morgan fingerprint density at radius 2 is 1.70 bits per heavy atom. The Hall–Kier alpha value is -3.12. The topological polar surface area (TPSA) is 59.4 Å². The van der Waals surface area contributed by atoms with Crippen LogP contribution < -0.4 is 10.1 Å². The van der Waals surface area contributed by atoms with E-state index in [2.05, 4.69) is 58.6 Å². The van der Waals surface area contributed by atoms with Crippen molar-refractivity contribution in [3.63, 3.8) is 0 Å². The number of hydrogen-bond acceptors (Lipinski definition) is 4. The van der Waals surface area contributed by atoms with Crippen LogP contribution in [0.15, 0.2) is 48.5 Å². The first kappa shape index (κ1) is 23.1. The maximum atomic E-state index is 13.2. The number of benzene rings is 2. The molecule has 3 aromatic rings. The van der Waals surface area contributed by atoms with Crippen molar-refractivity contribution in [1.82, 2.24) is 20.0 Å². The van der Waals surface area contributed by atoms with Crippen LogP contribution in [0, 0.1) is 20.8 Å². The molecule has 1 aliphatic rings. The van der Waals surface area contributed by atoms with Crippen molar-refractivity contribution in [3.05, 3.63) is 82.2 Å². The van der Waals surface area contributed by atoms with E-state index in [1.807, 2.05) is 30.7 Å². The maximum Gasteiger partial charge on any atom is 0.255 e. The van der Waals surface area contributed by atoms with Gasteiger partial charge in [-0.15, -0.1) is 0 Å². The van der Waals surface area contributed by atoms with E-state index >= 15 is 0 Å². The molecule has 6 heteroatoms. The Bertz CT molecular complexity index is 1080. The molecule has 6 nitrogen and oxygen atoms in total. The summed E-state index contributed by atoms with van der Waals surface area (Å²) in [4.78, 5) is 15.7. The van der Waals surface area contributed by atoms with Crippen molar-refractivity contribution in [2.45, 2.75) is 46.2 Å². The molecule has 2 heterocycles. The predicted octanol–water partition coefficient (Wildman–Crippen LogP) is 4.43. The average molecular weight is 447 g/mol. The predicted molar refractivity (Wildman–Crippen MR) is 131 cm³/mol. The second-order valence-electron chi connectivity index (χ2n) is 8.93. The fraction of sp³-hybridized carbons (Fsp3) is 0.407. The van der Waals surface area contributed by atoms with E-state index in [1.165, 1.54) is 29.5 Å². The van der Waals surface area contributed by atoms with Crippen LogP contribution in [-0.2, 0) is 6.54 Å². The van der Waals surface area contributed by atoms with Gasteiger partial charge in [-0.2, -0.15) is 5.10 Å². The monoisotopic (exact) mass is 446 g/mol. The summed E-state index contributed by atoms with van der Waals surface area (Å²) in [5.74, 6) is 0.785. The van der Waals surface area contributed by atoms with Gasteiger partial charge in [0.2, 0.25) is 0 Å². The van der Waals surface area contributed by atoms with Crippen LogP contribution in [0.25, 0.3) is 0 Å². The van der Waals surface area contributed by atoms with Gasteiger partial charge in [0.1, 0.15) is 5.75 Å². The van der Waals surface area contributed by atoms with E-state index in [0.717, 1.165) is 30.2 Å². The third-order valence-corrected chi connectivity index (χ3v) is 6.60. The first-order valence-electron chi connectivity index (χ1n) is 11.7. The molecule has 1 aromatic heterocycles. The second kappa shape index (κ2) is 10.2. The zero-order chi connectivity index (χ0) is 23.4. The zero-order valence-corrected chi connectivity index (χ0v) is 20.1. The molecule has 1 atom stereocenters. The molecule has 0 aliphatic carbocycles. The molecule has 0 unspecified atom stereocenters. The van der Waals surface area contributed by atoms with E-state index in [0.29, 0.717) is 18.7 Å². The van der Waals surface area contributed by atoms with Crippen LogP contribution in [0.3, 0.4) is 0 Å². The van der Waals surface area contributed by atoms with Gasteiger partial charge in [-0.25, -0.2) is 0 Å². The van der Waals surface area contributed by atoms with Crippen LogP contribution in [0.5, 0.6) is 5.75 Å². The average Bonchev–Trinajstić information content (AvgIpc) is 3.44. The van der Waals surface area contributed by atoms with Crippen molar-refractivity contribution < 1.29 is 9.53 Å². The van der Waals surface area contributed by atoms with Gasteiger partial charge in [-0.05, 0) is 70.0 Å². The number of carbonyl (C=O) groups excluding carboxylic acids is 1. The lowest BCUT2D eigenvalue weighted by Gasteiger charge is -2.28. The molecule has 1 N–H and O–H groups in total. The van der Waals surface area contributed by atoms with Gasteiger partial charge in [0, 0.05) is 12.2 Å². The minimum Gasteiger partial charge on any atom is -0.497 e. The molecule has 4 rings (SSSR count). The quantitative estimate of drug-likeness (QED) is 0.556. The van der Waals surface area contributed by atoms with E-state index in [-0.39, 0.29) is 11.9 Å². The summed E-state index contributed by atoms with van der Waals surface area (Å²) in [6, 6.07) is 16.8. The molecule has 0 radical (unpaired) electrons. The Balaban J connectivity index is 1.49. The summed E-state index contributed by atoms with van der Waals surface area (Å²) in [7, 11) is 1.68. The first-order chi connectivity index (χ1) is 16.0. The maximum absolute atomic E-state index is 13.2. The highest BCUT2D eigenvalue weighted by Crippen LogP contribution is 2.26. The number of aromatic nitrogens is 2. The van der Waals surface area contributed by atoms with Crippen LogP contribution in [0.4, 0.5) is 0 Å². The van der Waals surface area contributed by atoms with Gasteiger partial charge in [0.25, 0.3) is 5.91 Å². The summed E-state index contributed by atoms with van der Waals surface area (Å²) < 4.78 is 7.24. The molecule has 0 saturated carbocycles. The number of hydrogen-bond donors (Lipinski definition) is 1. The van der Waals surface area contributed by atoms with Crippen LogP contribution in [0.2, 0.25) is 0 Å². The zero-order valence-electron chi connectivity index (χ0n) is 20.1. The van der Waals surface area contributed by atoms with Gasteiger partial charge < -0.3 is 10.1 Å². The molecule has 1 aliphatic heterocycles. The molecular weight excluding hydrogens is 412 g/mol. The SMILES string of the molecule is COc1ccc([C@@H](CNC(=O)c2c(C)nn(Cc3ccc(C)cc3)c2C)N2CCCC2)cc1. The van der Waals surface area contributed by atoms with Crippen LogP contribution in [0.1, 0.15) is 57.3 Å². The summed E-state index contributed by atoms with van der Waals surface area (Å²) in [5.41, 5.74) is 5.94. The van der Waals surface area contributed by atoms with E-state index < -0.39 is 0 Å². The standard InChI is InChI=1S/C27H34N4O2/c1-19-7-9-22(10-8-19)18-31-21(3)26(20(2)29-31)27(32)28-17-25(30-15-5-6-16-30)23-11-13-24(33-4)14-12-23/h7-14,25H,5-6,15-18H2,1-4H3,(H,28,32)/t25-/m1/s1. The Morgan fingerprint density at radius 1 is 1.03 bits per heavy atom. The van der Waals surface area contributed by atoms with Gasteiger partial charge >= 0.3 is 0 Å². The molecule has 0 spiro atoms. The summed E-state index contributed by atoms with van der Waals surface area (Å²) in [6.45, 7) is 9.30. The summed E-state index contributed by atoms with van der Waals surface area (Å²) >= 11 is 0. The fourth-order valence-corrected chi connectivity index (χ4v) is 4.66. The molecule has 33 heavy (non-hydrogen) atoms. The minimum atomic E-state index is -0.0575. The highest BCUT2D eigenvalue weighted by Gasteiger charge is 2.25. The van der Waals surface area contributed by atoms with Crippen molar-refractivity contribution >= 4 is 5.91 Å². The molecule has 1 saturated heterocycles. The molecule has 2 aromatic carbocycles. The Labute approximate surface area is 196 Å². The normalized spacial score (nSPS) is 14.9.